The van der Waals surface area contributed by atoms with Crippen LogP contribution in [0.25, 0.3) is 0 Å². The summed E-state index contributed by atoms with van der Waals surface area (Å²) < 4.78 is 0. The van der Waals surface area contributed by atoms with Gasteiger partial charge in [-0.1, -0.05) is 6.92 Å². The van der Waals surface area contributed by atoms with Gasteiger partial charge in [0.1, 0.15) is 0 Å². The van der Waals surface area contributed by atoms with E-state index in [4.69, 9.17) is 10.8 Å². The Morgan fingerprint density at radius 3 is 2.57 bits per heavy atom. The molecule has 0 bridgehead atoms. The van der Waals surface area contributed by atoms with Gasteiger partial charge in [-0.05, 0) is 45.2 Å². The molecule has 0 radical (unpaired) electrons. The normalized spacial score (nSPS) is 30.4. The molecule has 3 N–H and O–H groups in total. The number of aliphatic hydroxyl groups excluding tert-OH is 1. The maximum Gasteiger partial charge on any atom is 0.0608 e. The van der Waals surface area contributed by atoms with E-state index in [-0.39, 0.29) is 6.61 Å². The second-order valence-corrected chi connectivity index (χ2v) is 5.30. The molecule has 0 amide bonds. The minimum atomic E-state index is -0.413. The molecule has 0 aromatic heterocycles. The minimum Gasteiger partial charge on any atom is -0.394 e. The molecule has 1 aliphatic carbocycles. The summed E-state index contributed by atoms with van der Waals surface area (Å²) >= 11 is 0. The molecule has 3 unspecified atom stereocenters. The van der Waals surface area contributed by atoms with Crippen LogP contribution in [-0.2, 0) is 0 Å². The first-order chi connectivity index (χ1) is 6.44. The number of nitrogens with two attached hydrogens (primary N) is 1. The van der Waals surface area contributed by atoms with E-state index in [9.17, 15) is 0 Å². The third-order valence-electron chi connectivity index (χ3n) is 3.25. The maximum atomic E-state index is 9.00. The van der Waals surface area contributed by atoms with Gasteiger partial charge in [-0.15, -0.1) is 0 Å². The molecule has 1 aliphatic rings. The molecule has 0 heterocycles. The van der Waals surface area contributed by atoms with Gasteiger partial charge in [0.15, 0.2) is 0 Å². The quantitative estimate of drug-likeness (QED) is 0.663. The SMILES string of the molecule is CC1CC1CN(C)CCC(C)(N)CO. The zero-order valence-corrected chi connectivity index (χ0v) is 9.66. The topological polar surface area (TPSA) is 49.5 Å². The summed E-state index contributed by atoms with van der Waals surface area (Å²) in [6.07, 6.45) is 2.24. The molecule has 0 spiro atoms. The van der Waals surface area contributed by atoms with Crippen molar-refractivity contribution in [2.75, 3.05) is 26.7 Å². The van der Waals surface area contributed by atoms with E-state index in [0.717, 1.165) is 24.8 Å². The first-order valence-corrected chi connectivity index (χ1v) is 5.53. The summed E-state index contributed by atoms with van der Waals surface area (Å²) in [5.74, 6) is 1.82. The van der Waals surface area contributed by atoms with E-state index < -0.39 is 5.54 Å². The van der Waals surface area contributed by atoms with Gasteiger partial charge in [0, 0.05) is 12.1 Å². The van der Waals surface area contributed by atoms with Crippen molar-refractivity contribution in [2.45, 2.75) is 32.2 Å². The summed E-state index contributed by atoms with van der Waals surface area (Å²) in [6, 6.07) is 0. The lowest BCUT2D eigenvalue weighted by Crippen LogP contribution is -2.43. The molecule has 1 rings (SSSR count). The third kappa shape index (κ3) is 3.95. The highest BCUT2D eigenvalue weighted by Gasteiger charge is 2.33. The molecule has 3 atom stereocenters. The Morgan fingerprint density at radius 2 is 2.14 bits per heavy atom. The van der Waals surface area contributed by atoms with Crippen molar-refractivity contribution in [3.63, 3.8) is 0 Å². The average Bonchev–Trinajstić information content (AvgIpc) is 2.79. The van der Waals surface area contributed by atoms with E-state index in [1.165, 1.54) is 13.0 Å². The molecule has 0 aromatic carbocycles. The van der Waals surface area contributed by atoms with Gasteiger partial charge in [-0.2, -0.15) is 0 Å². The second kappa shape index (κ2) is 4.60. The lowest BCUT2D eigenvalue weighted by molar-refractivity contribution is 0.181. The first-order valence-electron chi connectivity index (χ1n) is 5.53. The summed E-state index contributed by atoms with van der Waals surface area (Å²) in [5.41, 5.74) is 5.45. The van der Waals surface area contributed by atoms with Gasteiger partial charge in [-0.3, -0.25) is 0 Å². The summed E-state index contributed by atoms with van der Waals surface area (Å²) in [4.78, 5) is 2.33. The highest BCUT2D eigenvalue weighted by molar-refractivity contribution is 4.85. The van der Waals surface area contributed by atoms with Gasteiger partial charge in [0.05, 0.1) is 6.61 Å². The monoisotopic (exact) mass is 200 g/mol. The maximum absolute atomic E-state index is 9.00. The summed E-state index contributed by atoms with van der Waals surface area (Å²) in [7, 11) is 2.14. The van der Waals surface area contributed by atoms with Crippen LogP contribution in [0.1, 0.15) is 26.7 Å². The van der Waals surface area contributed by atoms with Crippen LogP contribution in [0.15, 0.2) is 0 Å². The molecule has 84 valence electrons. The minimum absolute atomic E-state index is 0.0701. The Kier molecular flexibility index (Phi) is 3.93. The lowest BCUT2D eigenvalue weighted by Gasteiger charge is -2.25. The van der Waals surface area contributed by atoms with Crippen molar-refractivity contribution in [1.29, 1.82) is 0 Å². The number of hydrogen-bond acceptors (Lipinski definition) is 3. The van der Waals surface area contributed by atoms with Crippen molar-refractivity contribution < 1.29 is 5.11 Å². The van der Waals surface area contributed by atoms with Crippen molar-refractivity contribution >= 4 is 0 Å². The Bertz CT molecular complexity index is 182. The molecular formula is C11H24N2O. The Balaban J connectivity index is 2.11. The smallest absolute Gasteiger partial charge is 0.0608 e. The molecule has 0 aromatic rings. The van der Waals surface area contributed by atoms with Crippen molar-refractivity contribution in [3.05, 3.63) is 0 Å². The van der Waals surface area contributed by atoms with Gasteiger partial charge in [0.2, 0.25) is 0 Å². The lowest BCUT2D eigenvalue weighted by atomic mass is 10.0. The molecule has 3 nitrogen and oxygen atoms in total. The summed E-state index contributed by atoms with van der Waals surface area (Å²) in [5, 5.41) is 9.00. The fraction of sp³-hybridized carbons (Fsp3) is 1.00. The van der Waals surface area contributed by atoms with E-state index in [0.29, 0.717) is 0 Å². The fourth-order valence-corrected chi connectivity index (χ4v) is 1.67. The van der Waals surface area contributed by atoms with Crippen molar-refractivity contribution in [2.24, 2.45) is 17.6 Å². The highest BCUT2D eigenvalue weighted by atomic mass is 16.3. The van der Waals surface area contributed by atoms with Crippen LogP contribution < -0.4 is 5.73 Å². The molecule has 14 heavy (non-hydrogen) atoms. The van der Waals surface area contributed by atoms with Crippen LogP contribution in [0, 0.1) is 11.8 Å². The molecule has 1 fully saturated rings. The number of aliphatic hydroxyl groups is 1. The largest absolute Gasteiger partial charge is 0.394 e. The van der Waals surface area contributed by atoms with Crippen LogP contribution in [0.2, 0.25) is 0 Å². The molecule has 3 heteroatoms. The first kappa shape index (κ1) is 12.0. The Hall–Kier alpha value is -0.120. The van der Waals surface area contributed by atoms with Crippen molar-refractivity contribution in [3.8, 4) is 0 Å². The van der Waals surface area contributed by atoms with Crippen LogP contribution in [0.3, 0.4) is 0 Å². The van der Waals surface area contributed by atoms with Gasteiger partial charge >= 0.3 is 0 Å². The van der Waals surface area contributed by atoms with Crippen LogP contribution in [0.4, 0.5) is 0 Å². The van der Waals surface area contributed by atoms with E-state index in [2.05, 4.69) is 18.9 Å². The molecule has 1 saturated carbocycles. The molecule has 0 saturated heterocycles. The second-order valence-electron chi connectivity index (χ2n) is 5.30. The summed E-state index contributed by atoms with van der Waals surface area (Å²) in [6.45, 7) is 6.44. The average molecular weight is 200 g/mol. The van der Waals surface area contributed by atoms with Crippen LogP contribution in [-0.4, -0.2) is 42.3 Å². The highest BCUT2D eigenvalue weighted by Crippen LogP contribution is 2.37. The van der Waals surface area contributed by atoms with E-state index in [1.807, 2.05) is 6.92 Å². The number of hydrogen-bond donors (Lipinski definition) is 2. The fourth-order valence-electron chi connectivity index (χ4n) is 1.67. The van der Waals surface area contributed by atoms with Gasteiger partial charge in [0.25, 0.3) is 0 Å². The van der Waals surface area contributed by atoms with Crippen molar-refractivity contribution in [1.82, 2.24) is 4.90 Å². The van der Waals surface area contributed by atoms with E-state index >= 15 is 0 Å². The number of rotatable bonds is 6. The van der Waals surface area contributed by atoms with E-state index in [1.54, 1.807) is 0 Å². The zero-order chi connectivity index (χ0) is 10.8. The third-order valence-corrected chi connectivity index (χ3v) is 3.25. The predicted molar refractivity (Wildman–Crippen MR) is 59.1 cm³/mol. The molecular weight excluding hydrogens is 176 g/mol. The van der Waals surface area contributed by atoms with Crippen LogP contribution in [0.5, 0.6) is 0 Å². The standard InChI is InChI=1S/C11H24N2O/c1-9-6-10(9)7-13(3)5-4-11(2,12)8-14/h9-10,14H,4-8,12H2,1-3H3. The Morgan fingerprint density at radius 1 is 1.57 bits per heavy atom. The van der Waals surface area contributed by atoms with Gasteiger partial charge < -0.3 is 15.7 Å². The van der Waals surface area contributed by atoms with Gasteiger partial charge in [-0.25, -0.2) is 0 Å². The zero-order valence-electron chi connectivity index (χ0n) is 9.66. The molecule has 0 aliphatic heterocycles. The predicted octanol–water partition coefficient (Wildman–Crippen LogP) is 0.674. The van der Waals surface area contributed by atoms with Crippen LogP contribution >= 0.6 is 0 Å². The Labute approximate surface area is 87.3 Å². The number of nitrogens with zero attached hydrogens (tertiary/aromatic N) is 1.